The fourth-order valence-electron chi connectivity index (χ4n) is 3.57. The van der Waals surface area contributed by atoms with Gasteiger partial charge in [0.15, 0.2) is 11.5 Å². The van der Waals surface area contributed by atoms with E-state index in [1.165, 1.54) is 0 Å². The maximum Gasteiger partial charge on any atom is 0.338 e. The van der Waals surface area contributed by atoms with E-state index < -0.39 is 12.0 Å². The van der Waals surface area contributed by atoms with Crippen LogP contribution in [-0.4, -0.2) is 39.9 Å². The van der Waals surface area contributed by atoms with Crippen molar-refractivity contribution < 1.29 is 19.0 Å². The molecule has 1 N–H and O–H groups in total. The van der Waals surface area contributed by atoms with Gasteiger partial charge in [-0.25, -0.2) is 4.79 Å². The van der Waals surface area contributed by atoms with E-state index in [-0.39, 0.29) is 6.61 Å². The summed E-state index contributed by atoms with van der Waals surface area (Å²) in [7, 11) is 1.58. The number of tetrazole rings is 1. The van der Waals surface area contributed by atoms with Gasteiger partial charge >= 0.3 is 5.97 Å². The number of fused-ring (bicyclic) bond motifs is 1. The summed E-state index contributed by atoms with van der Waals surface area (Å²) in [5.74, 6) is 1.20. The van der Waals surface area contributed by atoms with Crippen molar-refractivity contribution in [2.75, 3.05) is 19.0 Å². The molecule has 0 saturated carbocycles. The Morgan fingerprint density at radius 3 is 2.72 bits per heavy atom. The zero-order valence-corrected chi connectivity index (χ0v) is 18.2. The van der Waals surface area contributed by atoms with E-state index in [0.29, 0.717) is 35.3 Å². The maximum absolute atomic E-state index is 13.2. The summed E-state index contributed by atoms with van der Waals surface area (Å²) in [6, 6.07) is 14.5. The molecule has 1 aromatic heterocycles. The van der Waals surface area contributed by atoms with E-state index in [1.807, 2.05) is 55.5 Å². The van der Waals surface area contributed by atoms with E-state index in [4.69, 9.17) is 14.2 Å². The first kappa shape index (κ1) is 21.4. The SMILES string of the molecule is CCCOc1ccc(C2C(C(=O)OCc3ccccc3)=C(C)Nc3nnnn32)cc1OC. The third-order valence-corrected chi connectivity index (χ3v) is 5.11. The molecule has 0 fully saturated rings. The zero-order chi connectivity index (χ0) is 22.5. The number of carbonyl (C=O) groups is 1. The molecular weight excluding hydrogens is 410 g/mol. The predicted octanol–water partition coefficient (Wildman–Crippen LogP) is 3.50. The highest BCUT2D eigenvalue weighted by Crippen LogP contribution is 2.38. The minimum atomic E-state index is -0.585. The Balaban J connectivity index is 1.68. The van der Waals surface area contributed by atoms with Gasteiger partial charge in [0.1, 0.15) is 12.6 Å². The highest BCUT2D eigenvalue weighted by Gasteiger charge is 2.35. The number of allylic oxidation sites excluding steroid dienone is 1. The lowest BCUT2D eigenvalue weighted by Crippen LogP contribution is -2.29. The number of carbonyl (C=O) groups excluding carboxylic acids is 1. The highest BCUT2D eigenvalue weighted by atomic mass is 16.5. The van der Waals surface area contributed by atoms with Crippen molar-refractivity contribution in [3.63, 3.8) is 0 Å². The quantitative estimate of drug-likeness (QED) is 0.537. The van der Waals surface area contributed by atoms with Crippen molar-refractivity contribution >= 4 is 11.9 Å². The van der Waals surface area contributed by atoms with Gasteiger partial charge in [0.25, 0.3) is 0 Å². The van der Waals surface area contributed by atoms with Gasteiger partial charge in [0.2, 0.25) is 5.95 Å². The van der Waals surface area contributed by atoms with E-state index >= 15 is 0 Å². The molecule has 1 atom stereocenters. The number of methoxy groups -OCH3 is 1. The second-order valence-corrected chi connectivity index (χ2v) is 7.33. The molecule has 2 heterocycles. The van der Waals surface area contributed by atoms with Crippen molar-refractivity contribution in [3.05, 3.63) is 70.9 Å². The third-order valence-electron chi connectivity index (χ3n) is 5.11. The average molecular weight is 435 g/mol. The molecule has 0 spiro atoms. The first-order valence-corrected chi connectivity index (χ1v) is 10.4. The molecule has 4 rings (SSSR count). The second-order valence-electron chi connectivity index (χ2n) is 7.33. The van der Waals surface area contributed by atoms with Gasteiger partial charge in [-0.2, -0.15) is 4.68 Å². The summed E-state index contributed by atoms with van der Waals surface area (Å²) in [6.07, 6.45) is 0.881. The predicted molar refractivity (Wildman–Crippen MR) is 117 cm³/mol. The van der Waals surface area contributed by atoms with Crippen LogP contribution in [-0.2, 0) is 16.1 Å². The van der Waals surface area contributed by atoms with Gasteiger partial charge in [0.05, 0.1) is 19.3 Å². The van der Waals surface area contributed by atoms with Gasteiger partial charge in [0, 0.05) is 5.70 Å². The van der Waals surface area contributed by atoms with Crippen molar-refractivity contribution in [2.24, 2.45) is 0 Å². The lowest BCUT2D eigenvalue weighted by atomic mass is 9.95. The minimum absolute atomic E-state index is 0.165. The number of anilines is 1. The van der Waals surface area contributed by atoms with Gasteiger partial charge in [-0.1, -0.05) is 48.4 Å². The van der Waals surface area contributed by atoms with Crippen LogP contribution in [0.25, 0.3) is 0 Å². The summed E-state index contributed by atoms with van der Waals surface area (Å²) >= 11 is 0. The summed E-state index contributed by atoms with van der Waals surface area (Å²) in [4.78, 5) is 13.2. The number of ether oxygens (including phenoxy) is 3. The minimum Gasteiger partial charge on any atom is -0.493 e. The van der Waals surface area contributed by atoms with Gasteiger partial charge < -0.3 is 19.5 Å². The van der Waals surface area contributed by atoms with Gasteiger partial charge in [-0.15, -0.1) is 0 Å². The molecule has 0 radical (unpaired) electrons. The average Bonchev–Trinajstić information content (AvgIpc) is 3.29. The largest absolute Gasteiger partial charge is 0.493 e. The number of hydrogen-bond acceptors (Lipinski definition) is 8. The first-order valence-electron chi connectivity index (χ1n) is 10.4. The normalized spacial score (nSPS) is 15.0. The Bertz CT molecular complexity index is 1130. The molecule has 0 saturated heterocycles. The molecule has 1 aliphatic heterocycles. The van der Waals surface area contributed by atoms with E-state index in [0.717, 1.165) is 17.5 Å². The summed E-state index contributed by atoms with van der Waals surface area (Å²) in [5.41, 5.74) is 2.72. The molecule has 2 aromatic carbocycles. The molecule has 1 aliphatic rings. The van der Waals surface area contributed by atoms with Crippen LogP contribution in [0.15, 0.2) is 59.8 Å². The molecular formula is C23H25N5O4. The Morgan fingerprint density at radius 2 is 1.97 bits per heavy atom. The van der Waals surface area contributed by atoms with Crippen LogP contribution < -0.4 is 14.8 Å². The standard InChI is InChI=1S/C23H25N5O4/c1-4-12-31-18-11-10-17(13-19(18)30-3)21-20(15(2)24-23-25-26-27-28(21)23)22(29)32-14-16-8-6-5-7-9-16/h5-11,13,21H,4,12,14H2,1-3H3,(H,24,25,27). The molecule has 0 bridgehead atoms. The lowest BCUT2D eigenvalue weighted by Gasteiger charge is -2.27. The Morgan fingerprint density at radius 1 is 1.16 bits per heavy atom. The topological polar surface area (TPSA) is 100 Å². The number of benzene rings is 2. The number of hydrogen-bond donors (Lipinski definition) is 1. The van der Waals surface area contributed by atoms with Crippen LogP contribution in [0.5, 0.6) is 11.5 Å². The molecule has 9 heteroatoms. The molecule has 0 amide bonds. The highest BCUT2D eigenvalue weighted by molar-refractivity contribution is 5.92. The van der Waals surface area contributed by atoms with E-state index in [1.54, 1.807) is 18.7 Å². The Kier molecular flexibility index (Phi) is 6.34. The van der Waals surface area contributed by atoms with Crippen LogP contribution in [0.4, 0.5) is 5.95 Å². The number of rotatable bonds is 8. The van der Waals surface area contributed by atoms with Crippen LogP contribution in [0.2, 0.25) is 0 Å². The number of aromatic nitrogens is 4. The van der Waals surface area contributed by atoms with Crippen molar-refractivity contribution in [3.8, 4) is 11.5 Å². The van der Waals surface area contributed by atoms with Crippen LogP contribution in [0.1, 0.15) is 37.4 Å². The van der Waals surface area contributed by atoms with Crippen molar-refractivity contribution in [1.29, 1.82) is 0 Å². The number of esters is 1. The second kappa shape index (κ2) is 9.51. The molecule has 3 aromatic rings. The van der Waals surface area contributed by atoms with Gasteiger partial charge in [-0.3, -0.25) is 0 Å². The maximum atomic E-state index is 13.2. The van der Waals surface area contributed by atoms with Crippen molar-refractivity contribution in [1.82, 2.24) is 20.2 Å². The Hall–Kier alpha value is -3.88. The third kappa shape index (κ3) is 4.27. The van der Waals surface area contributed by atoms with Crippen LogP contribution in [0, 0.1) is 0 Å². The number of nitrogens with one attached hydrogen (secondary N) is 1. The molecule has 1 unspecified atom stereocenters. The van der Waals surface area contributed by atoms with E-state index in [9.17, 15) is 4.79 Å². The van der Waals surface area contributed by atoms with Crippen LogP contribution >= 0.6 is 0 Å². The fourth-order valence-corrected chi connectivity index (χ4v) is 3.57. The fraction of sp³-hybridized carbons (Fsp3) is 0.304. The van der Waals surface area contributed by atoms with Crippen LogP contribution in [0.3, 0.4) is 0 Å². The first-order chi connectivity index (χ1) is 15.6. The molecule has 166 valence electrons. The Labute approximate surface area is 186 Å². The molecule has 9 nitrogen and oxygen atoms in total. The van der Waals surface area contributed by atoms with Crippen molar-refractivity contribution in [2.45, 2.75) is 32.9 Å². The van der Waals surface area contributed by atoms with Gasteiger partial charge in [-0.05, 0) is 47.0 Å². The summed E-state index contributed by atoms with van der Waals surface area (Å²) < 4.78 is 18.5. The molecule has 0 aliphatic carbocycles. The molecule has 32 heavy (non-hydrogen) atoms. The number of nitrogens with zero attached hydrogens (tertiary/aromatic N) is 4. The monoisotopic (exact) mass is 435 g/mol. The lowest BCUT2D eigenvalue weighted by molar-refractivity contribution is -0.140. The van der Waals surface area contributed by atoms with E-state index in [2.05, 4.69) is 20.8 Å². The smallest absolute Gasteiger partial charge is 0.338 e. The summed E-state index contributed by atoms with van der Waals surface area (Å²) in [5, 5.41) is 15.0. The zero-order valence-electron chi connectivity index (χ0n) is 18.2. The summed E-state index contributed by atoms with van der Waals surface area (Å²) in [6.45, 7) is 4.59.